The van der Waals surface area contributed by atoms with Crippen LogP contribution < -0.4 is 10.6 Å². The number of ether oxygens (including phenoxy) is 2. The molecule has 5 rings (SSSR count). The molecule has 1 fully saturated rings. The number of urea groups is 1. The van der Waals surface area contributed by atoms with E-state index in [-0.39, 0.29) is 18.0 Å². The van der Waals surface area contributed by atoms with E-state index in [4.69, 9.17) is 9.47 Å². The van der Waals surface area contributed by atoms with Gasteiger partial charge < -0.3 is 14.8 Å². The summed E-state index contributed by atoms with van der Waals surface area (Å²) in [6.45, 7) is 4.06. The van der Waals surface area contributed by atoms with Gasteiger partial charge in [0.05, 0.1) is 37.2 Å². The SMILES string of the molecule is COCCN1CC(NC(=O)Nc2c3c(nn2-c2ccccc2)COC3)C(c2ccccc2)C1. The van der Waals surface area contributed by atoms with Crippen LogP contribution in [0.3, 0.4) is 0 Å². The van der Waals surface area contributed by atoms with Crippen LogP contribution in [0.1, 0.15) is 22.7 Å². The van der Waals surface area contributed by atoms with E-state index in [0.29, 0.717) is 25.6 Å². The molecule has 2 aliphatic rings. The lowest BCUT2D eigenvalue weighted by Gasteiger charge is -2.21. The van der Waals surface area contributed by atoms with Gasteiger partial charge in [-0.1, -0.05) is 48.5 Å². The van der Waals surface area contributed by atoms with Crippen LogP contribution >= 0.6 is 0 Å². The average Bonchev–Trinajstić information content (AvgIpc) is 3.55. The molecule has 2 N–H and O–H groups in total. The molecule has 3 aromatic rings. The van der Waals surface area contributed by atoms with Gasteiger partial charge in [-0.3, -0.25) is 10.2 Å². The first-order valence-electron chi connectivity index (χ1n) is 11.3. The Kier molecular flexibility index (Phi) is 6.39. The molecule has 172 valence electrons. The van der Waals surface area contributed by atoms with Crippen molar-refractivity contribution in [3.05, 3.63) is 77.5 Å². The molecular formula is C25H29N5O3. The predicted molar refractivity (Wildman–Crippen MR) is 125 cm³/mol. The molecule has 2 aliphatic heterocycles. The van der Waals surface area contributed by atoms with Gasteiger partial charge in [-0.2, -0.15) is 5.10 Å². The molecular weight excluding hydrogens is 418 g/mol. The summed E-state index contributed by atoms with van der Waals surface area (Å²) >= 11 is 0. The zero-order valence-corrected chi connectivity index (χ0v) is 18.7. The number of fused-ring (bicyclic) bond motifs is 1. The second-order valence-electron chi connectivity index (χ2n) is 8.49. The van der Waals surface area contributed by atoms with Crippen molar-refractivity contribution in [2.24, 2.45) is 0 Å². The third kappa shape index (κ3) is 4.64. The number of carbonyl (C=O) groups excluding carboxylic acids is 1. The molecule has 0 aliphatic carbocycles. The lowest BCUT2D eigenvalue weighted by molar-refractivity contribution is 0.131. The Balaban J connectivity index is 1.35. The van der Waals surface area contributed by atoms with Crippen LogP contribution in [-0.4, -0.2) is 60.1 Å². The fourth-order valence-corrected chi connectivity index (χ4v) is 4.68. The first-order valence-corrected chi connectivity index (χ1v) is 11.3. The smallest absolute Gasteiger partial charge is 0.320 e. The molecule has 2 aromatic carbocycles. The van der Waals surface area contributed by atoms with Gasteiger partial charge in [0.1, 0.15) is 5.82 Å². The average molecular weight is 448 g/mol. The summed E-state index contributed by atoms with van der Waals surface area (Å²) in [5.41, 5.74) is 3.92. The lowest BCUT2D eigenvalue weighted by atomic mass is 9.94. The summed E-state index contributed by atoms with van der Waals surface area (Å²) in [6, 6.07) is 20.0. The van der Waals surface area contributed by atoms with Crippen molar-refractivity contribution in [1.29, 1.82) is 0 Å². The van der Waals surface area contributed by atoms with Gasteiger partial charge in [-0.15, -0.1) is 0 Å². The summed E-state index contributed by atoms with van der Waals surface area (Å²) in [4.78, 5) is 15.5. The molecule has 0 bridgehead atoms. The van der Waals surface area contributed by atoms with Crippen molar-refractivity contribution in [2.75, 3.05) is 38.7 Å². The van der Waals surface area contributed by atoms with Gasteiger partial charge in [-0.25, -0.2) is 9.48 Å². The maximum atomic E-state index is 13.2. The largest absolute Gasteiger partial charge is 0.383 e. The Morgan fingerprint density at radius 1 is 1.09 bits per heavy atom. The molecule has 2 unspecified atom stereocenters. The number of hydrogen-bond acceptors (Lipinski definition) is 5. The summed E-state index contributed by atoms with van der Waals surface area (Å²) in [6.07, 6.45) is 0. The molecule has 2 atom stereocenters. The topological polar surface area (TPSA) is 80.7 Å². The highest BCUT2D eigenvalue weighted by atomic mass is 16.5. The van der Waals surface area contributed by atoms with Crippen molar-refractivity contribution in [2.45, 2.75) is 25.2 Å². The highest BCUT2D eigenvalue weighted by Gasteiger charge is 2.35. The Hall–Kier alpha value is -3.20. The Morgan fingerprint density at radius 3 is 2.61 bits per heavy atom. The minimum Gasteiger partial charge on any atom is -0.383 e. The van der Waals surface area contributed by atoms with Crippen molar-refractivity contribution in [3.8, 4) is 5.69 Å². The number of benzene rings is 2. The molecule has 3 heterocycles. The number of para-hydroxylation sites is 1. The van der Waals surface area contributed by atoms with E-state index in [0.717, 1.165) is 36.6 Å². The van der Waals surface area contributed by atoms with E-state index in [9.17, 15) is 4.79 Å². The lowest BCUT2D eigenvalue weighted by Crippen LogP contribution is -2.42. The highest BCUT2D eigenvalue weighted by Crippen LogP contribution is 2.31. The number of likely N-dealkylation sites (tertiary alicyclic amines) is 1. The van der Waals surface area contributed by atoms with E-state index in [1.165, 1.54) is 5.56 Å². The molecule has 0 spiro atoms. The van der Waals surface area contributed by atoms with Gasteiger partial charge >= 0.3 is 6.03 Å². The Morgan fingerprint density at radius 2 is 1.85 bits per heavy atom. The molecule has 0 saturated carbocycles. The third-order valence-electron chi connectivity index (χ3n) is 6.34. The van der Waals surface area contributed by atoms with E-state index in [1.54, 1.807) is 11.8 Å². The number of nitrogens with one attached hydrogen (secondary N) is 2. The normalized spacial score (nSPS) is 20.0. The molecule has 8 nitrogen and oxygen atoms in total. The number of methoxy groups -OCH3 is 1. The zero-order valence-electron chi connectivity index (χ0n) is 18.7. The summed E-state index contributed by atoms with van der Waals surface area (Å²) in [5.74, 6) is 0.874. The molecule has 2 amide bonds. The fourth-order valence-electron chi connectivity index (χ4n) is 4.68. The van der Waals surface area contributed by atoms with Crippen LogP contribution in [0.5, 0.6) is 0 Å². The monoisotopic (exact) mass is 447 g/mol. The molecule has 33 heavy (non-hydrogen) atoms. The van der Waals surface area contributed by atoms with Gasteiger partial charge in [0.15, 0.2) is 0 Å². The van der Waals surface area contributed by atoms with Crippen LogP contribution in [0.15, 0.2) is 60.7 Å². The van der Waals surface area contributed by atoms with Crippen molar-refractivity contribution < 1.29 is 14.3 Å². The number of nitrogens with zero attached hydrogens (tertiary/aromatic N) is 3. The van der Waals surface area contributed by atoms with Crippen LogP contribution in [0.4, 0.5) is 10.6 Å². The first kappa shape index (κ1) is 21.6. The van der Waals surface area contributed by atoms with Gasteiger partial charge in [0.25, 0.3) is 0 Å². The van der Waals surface area contributed by atoms with E-state index in [1.807, 2.05) is 48.5 Å². The van der Waals surface area contributed by atoms with Crippen LogP contribution in [-0.2, 0) is 22.7 Å². The Bertz CT molecular complexity index is 1090. The van der Waals surface area contributed by atoms with E-state index in [2.05, 4.69) is 32.8 Å². The van der Waals surface area contributed by atoms with Crippen LogP contribution in [0.25, 0.3) is 5.69 Å². The van der Waals surface area contributed by atoms with Crippen molar-refractivity contribution >= 4 is 11.8 Å². The van der Waals surface area contributed by atoms with Crippen molar-refractivity contribution in [3.63, 3.8) is 0 Å². The second kappa shape index (κ2) is 9.74. The summed E-state index contributed by atoms with van der Waals surface area (Å²) in [5, 5.41) is 11.0. The van der Waals surface area contributed by atoms with Gasteiger partial charge in [0.2, 0.25) is 0 Å². The number of aromatic nitrogens is 2. The number of carbonyl (C=O) groups is 1. The fraction of sp³-hybridized carbons (Fsp3) is 0.360. The van der Waals surface area contributed by atoms with Crippen LogP contribution in [0, 0.1) is 0 Å². The summed E-state index contributed by atoms with van der Waals surface area (Å²) in [7, 11) is 1.71. The molecule has 1 aromatic heterocycles. The number of rotatable bonds is 7. The zero-order chi connectivity index (χ0) is 22.6. The Labute approximate surface area is 193 Å². The predicted octanol–water partition coefficient (Wildman–Crippen LogP) is 3.14. The molecule has 0 radical (unpaired) electrons. The maximum Gasteiger partial charge on any atom is 0.320 e. The minimum absolute atomic E-state index is 0.0124. The first-order chi connectivity index (χ1) is 16.2. The van der Waals surface area contributed by atoms with Gasteiger partial charge in [0, 0.05) is 38.2 Å². The molecule has 8 heteroatoms. The third-order valence-corrected chi connectivity index (χ3v) is 6.34. The molecule has 1 saturated heterocycles. The van der Waals surface area contributed by atoms with Crippen molar-refractivity contribution in [1.82, 2.24) is 20.0 Å². The van der Waals surface area contributed by atoms with Crippen LogP contribution in [0.2, 0.25) is 0 Å². The quantitative estimate of drug-likeness (QED) is 0.582. The standard InChI is InChI=1S/C25H29N5O3/c1-32-13-12-29-14-20(18-8-4-2-5-9-18)22(15-29)26-25(31)27-24-21-16-33-17-23(21)28-30(24)19-10-6-3-7-11-19/h2-11,20,22H,12-17H2,1H3,(H2,26,27,31). The van der Waals surface area contributed by atoms with E-state index < -0.39 is 0 Å². The number of hydrogen-bond donors (Lipinski definition) is 2. The number of amides is 2. The minimum atomic E-state index is -0.235. The maximum absolute atomic E-state index is 13.2. The van der Waals surface area contributed by atoms with E-state index >= 15 is 0 Å². The second-order valence-corrected chi connectivity index (χ2v) is 8.49. The number of anilines is 1. The van der Waals surface area contributed by atoms with Gasteiger partial charge in [-0.05, 0) is 17.7 Å². The highest BCUT2D eigenvalue weighted by molar-refractivity contribution is 5.90. The summed E-state index contributed by atoms with van der Waals surface area (Å²) < 4.78 is 12.6.